The van der Waals surface area contributed by atoms with Crippen molar-refractivity contribution in [2.24, 2.45) is 0 Å². The van der Waals surface area contributed by atoms with E-state index in [1.54, 1.807) is 0 Å². The van der Waals surface area contributed by atoms with Crippen LogP contribution in [0.25, 0.3) is 0 Å². The van der Waals surface area contributed by atoms with E-state index in [2.05, 4.69) is 10.6 Å². The maximum Gasteiger partial charge on any atom is 0.259 e. The van der Waals surface area contributed by atoms with Gasteiger partial charge in [0.05, 0.1) is 0 Å². The fourth-order valence-electron chi connectivity index (χ4n) is 1.87. The zero-order valence-corrected chi connectivity index (χ0v) is 9.64. The van der Waals surface area contributed by atoms with Crippen LogP contribution >= 0.6 is 0 Å². The first-order chi connectivity index (χ1) is 8.58. The Labute approximate surface area is 104 Å². The van der Waals surface area contributed by atoms with Crippen LogP contribution in [-0.2, 0) is 4.79 Å². The quantitative estimate of drug-likeness (QED) is 0.598. The van der Waals surface area contributed by atoms with Gasteiger partial charge in [-0.15, -0.1) is 0 Å². The van der Waals surface area contributed by atoms with E-state index in [1.807, 2.05) is 0 Å². The highest BCUT2D eigenvalue weighted by atomic mass is 16.3. The molecule has 2 rings (SSSR count). The highest BCUT2D eigenvalue weighted by Crippen LogP contribution is 2.26. The lowest BCUT2D eigenvalue weighted by Crippen LogP contribution is -2.47. The number of amides is 2. The van der Waals surface area contributed by atoms with Crippen molar-refractivity contribution in [2.45, 2.75) is 18.9 Å². The molecule has 1 heterocycles. The first kappa shape index (κ1) is 12.2. The summed E-state index contributed by atoms with van der Waals surface area (Å²) in [7, 11) is 0. The fraction of sp³-hybridized carbons (Fsp3) is 0.333. The van der Waals surface area contributed by atoms with Crippen LogP contribution < -0.4 is 10.6 Å². The van der Waals surface area contributed by atoms with E-state index in [0.29, 0.717) is 19.4 Å². The normalized spacial score (nSPS) is 19.1. The molecule has 0 aliphatic carbocycles. The van der Waals surface area contributed by atoms with Gasteiger partial charge in [-0.2, -0.15) is 0 Å². The van der Waals surface area contributed by atoms with Crippen molar-refractivity contribution >= 4 is 11.8 Å². The van der Waals surface area contributed by atoms with Crippen LogP contribution in [0.3, 0.4) is 0 Å². The van der Waals surface area contributed by atoms with Crippen molar-refractivity contribution in [3.8, 4) is 11.5 Å². The van der Waals surface area contributed by atoms with Crippen LogP contribution in [0.2, 0.25) is 0 Å². The van der Waals surface area contributed by atoms with Gasteiger partial charge in [0.2, 0.25) is 5.91 Å². The maximum absolute atomic E-state index is 11.9. The molecular formula is C12H14N2O4. The second-order valence-electron chi connectivity index (χ2n) is 4.18. The van der Waals surface area contributed by atoms with E-state index < -0.39 is 5.91 Å². The minimum atomic E-state index is -0.549. The van der Waals surface area contributed by atoms with Crippen molar-refractivity contribution < 1.29 is 19.8 Å². The summed E-state index contributed by atoms with van der Waals surface area (Å²) < 4.78 is 0. The molecule has 2 amide bonds. The molecule has 0 bridgehead atoms. The fourth-order valence-corrected chi connectivity index (χ4v) is 1.87. The standard InChI is InChI=1S/C12H14N2O4/c15-8-2-1-3-9(16)11(8)12(18)14-7-4-5-10(17)13-6-7/h1-3,7,15-16H,4-6H2,(H,13,17)(H,14,18). The third-order valence-corrected chi connectivity index (χ3v) is 2.85. The number of benzene rings is 1. The molecule has 1 aliphatic rings. The molecule has 6 nitrogen and oxygen atoms in total. The van der Waals surface area contributed by atoms with Gasteiger partial charge in [0, 0.05) is 19.0 Å². The van der Waals surface area contributed by atoms with Crippen LogP contribution in [-0.4, -0.2) is 34.6 Å². The third kappa shape index (κ3) is 2.53. The van der Waals surface area contributed by atoms with Gasteiger partial charge >= 0.3 is 0 Å². The number of phenolic OH excluding ortho intramolecular Hbond substituents is 2. The highest BCUT2D eigenvalue weighted by molar-refractivity contribution is 5.99. The molecule has 4 N–H and O–H groups in total. The number of phenols is 2. The molecule has 18 heavy (non-hydrogen) atoms. The Bertz CT molecular complexity index is 457. The molecule has 0 radical (unpaired) electrons. The largest absolute Gasteiger partial charge is 0.507 e. The summed E-state index contributed by atoms with van der Waals surface area (Å²) in [5, 5.41) is 24.4. The summed E-state index contributed by atoms with van der Waals surface area (Å²) >= 11 is 0. The molecule has 0 aromatic heterocycles. The summed E-state index contributed by atoms with van der Waals surface area (Å²) in [5.74, 6) is -1.13. The zero-order valence-electron chi connectivity index (χ0n) is 9.64. The van der Waals surface area contributed by atoms with Gasteiger partial charge in [-0.05, 0) is 18.6 Å². The number of hydrogen-bond donors (Lipinski definition) is 4. The Kier molecular flexibility index (Phi) is 3.36. The number of hydrogen-bond acceptors (Lipinski definition) is 4. The van der Waals surface area contributed by atoms with Gasteiger partial charge in [0.25, 0.3) is 5.91 Å². The number of aromatic hydroxyl groups is 2. The Morgan fingerprint density at radius 2 is 2.00 bits per heavy atom. The Morgan fingerprint density at radius 1 is 1.33 bits per heavy atom. The van der Waals surface area contributed by atoms with E-state index >= 15 is 0 Å². The first-order valence-electron chi connectivity index (χ1n) is 5.66. The Hall–Kier alpha value is -2.24. The molecule has 1 aliphatic heterocycles. The lowest BCUT2D eigenvalue weighted by atomic mass is 10.1. The number of nitrogens with one attached hydrogen (secondary N) is 2. The zero-order chi connectivity index (χ0) is 13.1. The number of rotatable bonds is 2. The molecule has 96 valence electrons. The average Bonchev–Trinajstić information content (AvgIpc) is 2.32. The molecule has 0 spiro atoms. The van der Waals surface area contributed by atoms with E-state index in [1.165, 1.54) is 18.2 Å². The van der Waals surface area contributed by atoms with Crippen molar-refractivity contribution in [3.05, 3.63) is 23.8 Å². The lowest BCUT2D eigenvalue weighted by molar-refractivity contribution is -0.122. The molecule has 1 atom stereocenters. The summed E-state index contributed by atoms with van der Waals surface area (Å²) in [6.45, 7) is 0.360. The average molecular weight is 250 g/mol. The predicted octanol–water partition coefficient (Wildman–Crippen LogP) is 0.106. The van der Waals surface area contributed by atoms with E-state index in [-0.39, 0.29) is 29.0 Å². The van der Waals surface area contributed by atoms with Crippen LogP contribution in [0.5, 0.6) is 11.5 Å². The topological polar surface area (TPSA) is 98.7 Å². The number of carbonyl (C=O) groups excluding carboxylic acids is 2. The van der Waals surface area contributed by atoms with Gasteiger partial charge in [0.1, 0.15) is 17.1 Å². The monoisotopic (exact) mass is 250 g/mol. The Balaban J connectivity index is 2.06. The van der Waals surface area contributed by atoms with Crippen LogP contribution in [0, 0.1) is 0 Å². The van der Waals surface area contributed by atoms with E-state index in [9.17, 15) is 19.8 Å². The molecule has 1 aromatic carbocycles. The van der Waals surface area contributed by atoms with Crippen molar-refractivity contribution in [3.63, 3.8) is 0 Å². The minimum Gasteiger partial charge on any atom is -0.507 e. The summed E-state index contributed by atoms with van der Waals surface area (Å²) in [5.41, 5.74) is -0.144. The van der Waals surface area contributed by atoms with E-state index in [0.717, 1.165) is 0 Å². The molecule has 1 fully saturated rings. The lowest BCUT2D eigenvalue weighted by Gasteiger charge is -2.23. The summed E-state index contributed by atoms with van der Waals surface area (Å²) in [4.78, 5) is 22.9. The molecular weight excluding hydrogens is 236 g/mol. The first-order valence-corrected chi connectivity index (χ1v) is 5.66. The molecule has 1 saturated heterocycles. The second kappa shape index (κ2) is 4.95. The van der Waals surface area contributed by atoms with Crippen molar-refractivity contribution in [2.75, 3.05) is 6.54 Å². The van der Waals surface area contributed by atoms with Crippen molar-refractivity contribution in [1.82, 2.24) is 10.6 Å². The Morgan fingerprint density at radius 3 is 2.56 bits per heavy atom. The molecule has 1 unspecified atom stereocenters. The smallest absolute Gasteiger partial charge is 0.259 e. The van der Waals surface area contributed by atoms with E-state index in [4.69, 9.17) is 0 Å². The predicted molar refractivity (Wildman–Crippen MR) is 63.3 cm³/mol. The summed E-state index contributed by atoms with van der Waals surface area (Å²) in [6, 6.07) is 3.92. The summed E-state index contributed by atoms with van der Waals surface area (Å²) in [6.07, 6.45) is 0.906. The van der Waals surface area contributed by atoms with Crippen LogP contribution in [0.15, 0.2) is 18.2 Å². The molecule has 6 heteroatoms. The van der Waals surface area contributed by atoms with Gasteiger partial charge in [-0.3, -0.25) is 9.59 Å². The maximum atomic E-state index is 11.9. The van der Waals surface area contributed by atoms with Gasteiger partial charge in [-0.1, -0.05) is 6.07 Å². The minimum absolute atomic E-state index is 0.0362. The third-order valence-electron chi connectivity index (χ3n) is 2.85. The second-order valence-corrected chi connectivity index (χ2v) is 4.18. The SMILES string of the molecule is O=C1CCC(NC(=O)c2c(O)cccc2O)CN1. The van der Waals surface area contributed by atoms with Crippen LogP contribution in [0.4, 0.5) is 0 Å². The molecule has 1 aromatic rings. The van der Waals surface area contributed by atoms with Crippen LogP contribution in [0.1, 0.15) is 23.2 Å². The number of carbonyl (C=O) groups is 2. The van der Waals surface area contributed by atoms with Crippen molar-refractivity contribution in [1.29, 1.82) is 0 Å². The number of piperidine rings is 1. The highest BCUT2D eigenvalue weighted by Gasteiger charge is 2.23. The van der Waals surface area contributed by atoms with Gasteiger partial charge in [0.15, 0.2) is 0 Å². The van der Waals surface area contributed by atoms with Gasteiger partial charge < -0.3 is 20.8 Å². The van der Waals surface area contributed by atoms with Gasteiger partial charge in [-0.25, -0.2) is 0 Å². The molecule has 0 saturated carbocycles.